The smallest absolute Gasteiger partial charge is 0.198 e. The van der Waals surface area contributed by atoms with E-state index in [0.29, 0.717) is 11.1 Å². The van der Waals surface area contributed by atoms with E-state index in [1.807, 2.05) is 68.4 Å². The lowest BCUT2D eigenvalue weighted by Crippen LogP contribution is -2.00. The summed E-state index contributed by atoms with van der Waals surface area (Å²) in [6.07, 6.45) is 1.70. The zero-order valence-corrected chi connectivity index (χ0v) is 16.2. The number of allylic oxidation sites excluding steroid dienone is 1. The minimum absolute atomic E-state index is 0.184. The second-order valence-electron chi connectivity index (χ2n) is 7.02. The molecule has 0 atom stereocenters. The van der Waals surface area contributed by atoms with Crippen molar-refractivity contribution in [2.75, 3.05) is 0 Å². The first-order valence-electron chi connectivity index (χ1n) is 9.03. The van der Waals surface area contributed by atoms with Gasteiger partial charge in [-0.15, -0.1) is 11.3 Å². The Morgan fingerprint density at radius 1 is 0.857 bits per heavy atom. The lowest BCUT2D eigenvalue weighted by Gasteiger charge is -2.03. The van der Waals surface area contributed by atoms with Crippen LogP contribution in [-0.4, -0.2) is 11.6 Å². The number of rotatable bonds is 2. The first-order chi connectivity index (χ1) is 13.5. The quantitative estimate of drug-likeness (QED) is 0.303. The molecule has 0 aliphatic heterocycles. The van der Waals surface area contributed by atoms with E-state index in [4.69, 9.17) is 4.42 Å². The average molecular weight is 384 g/mol. The van der Waals surface area contributed by atoms with Gasteiger partial charge in [0, 0.05) is 27.6 Å². The van der Waals surface area contributed by atoms with Gasteiger partial charge in [0.15, 0.2) is 11.6 Å². The number of thiophene rings is 1. The second kappa shape index (κ2) is 6.14. The van der Waals surface area contributed by atoms with Gasteiger partial charge in [-0.05, 0) is 37.1 Å². The Balaban J connectivity index is 1.55. The fourth-order valence-electron chi connectivity index (χ4n) is 3.71. The van der Waals surface area contributed by atoms with Crippen LogP contribution in [0.2, 0.25) is 0 Å². The highest BCUT2D eigenvalue weighted by atomic mass is 32.1. The molecule has 0 saturated heterocycles. The largest absolute Gasteiger partial charge is 0.455 e. The SMILES string of the molecule is Cc1ccc(C)c2c1C(=O)C(=Cc1cc3oc(-c4ccccc4)cc3s1)C2=O. The van der Waals surface area contributed by atoms with Crippen LogP contribution in [0.25, 0.3) is 27.7 Å². The van der Waals surface area contributed by atoms with Gasteiger partial charge in [0.25, 0.3) is 0 Å². The van der Waals surface area contributed by atoms with Crippen LogP contribution < -0.4 is 0 Å². The maximum atomic E-state index is 12.9. The van der Waals surface area contributed by atoms with Crippen LogP contribution in [0.5, 0.6) is 0 Å². The van der Waals surface area contributed by atoms with E-state index in [2.05, 4.69) is 0 Å². The highest BCUT2D eigenvalue weighted by Crippen LogP contribution is 2.37. The molecule has 0 bridgehead atoms. The summed E-state index contributed by atoms with van der Waals surface area (Å²) >= 11 is 1.52. The number of hydrogen-bond donors (Lipinski definition) is 0. The number of ketones is 2. The molecule has 1 aliphatic carbocycles. The molecule has 5 rings (SSSR count). The van der Waals surface area contributed by atoms with Crippen molar-refractivity contribution in [3.05, 3.63) is 87.3 Å². The van der Waals surface area contributed by atoms with Crippen LogP contribution in [0, 0.1) is 13.8 Å². The van der Waals surface area contributed by atoms with Gasteiger partial charge in [-0.1, -0.05) is 42.5 Å². The molecule has 0 unspecified atom stereocenters. The highest BCUT2D eigenvalue weighted by Gasteiger charge is 2.35. The molecule has 0 radical (unpaired) electrons. The molecule has 2 aromatic carbocycles. The standard InChI is InChI=1S/C24H16O3S/c1-13-8-9-14(2)22-21(13)23(25)17(24(22)26)10-16-11-19-20(28-16)12-18(27-19)15-6-4-3-5-7-15/h3-12H,1-2H3. The maximum Gasteiger partial charge on any atom is 0.198 e. The van der Waals surface area contributed by atoms with Crippen molar-refractivity contribution in [1.82, 2.24) is 0 Å². The van der Waals surface area contributed by atoms with Crippen molar-refractivity contribution in [2.24, 2.45) is 0 Å². The summed E-state index contributed by atoms with van der Waals surface area (Å²) in [7, 11) is 0. The van der Waals surface area contributed by atoms with Gasteiger partial charge in [0.1, 0.15) is 11.3 Å². The number of furan rings is 1. The Bertz CT molecular complexity index is 1230. The van der Waals surface area contributed by atoms with Crippen molar-refractivity contribution in [1.29, 1.82) is 0 Å². The Labute approximate surface area is 165 Å². The molecule has 4 aromatic rings. The van der Waals surface area contributed by atoms with E-state index < -0.39 is 0 Å². The summed E-state index contributed by atoms with van der Waals surface area (Å²) in [5.74, 6) is 0.445. The molecular weight excluding hydrogens is 368 g/mol. The lowest BCUT2D eigenvalue weighted by molar-refractivity contribution is 0.0990. The molecule has 3 nitrogen and oxygen atoms in total. The van der Waals surface area contributed by atoms with Crippen LogP contribution in [0.15, 0.2) is 64.6 Å². The van der Waals surface area contributed by atoms with E-state index in [-0.39, 0.29) is 17.1 Å². The highest BCUT2D eigenvalue weighted by molar-refractivity contribution is 7.19. The Hall–Kier alpha value is -3.24. The number of carbonyl (C=O) groups is 2. The molecule has 28 heavy (non-hydrogen) atoms. The zero-order chi connectivity index (χ0) is 19.4. The third-order valence-corrected chi connectivity index (χ3v) is 6.15. The molecule has 0 saturated carbocycles. The summed E-state index contributed by atoms with van der Waals surface area (Å²) in [4.78, 5) is 26.6. The zero-order valence-electron chi connectivity index (χ0n) is 15.4. The Morgan fingerprint density at radius 3 is 2.11 bits per heavy atom. The number of Topliss-reactive ketones (excluding diaryl/α,β-unsaturated/α-hetero) is 2. The maximum absolute atomic E-state index is 12.9. The van der Waals surface area contributed by atoms with E-state index >= 15 is 0 Å². The van der Waals surface area contributed by atoms with E-state index in [1.165, 1.54) is 11.3 Å². The van der Waals surface area contributed by atoms with Crippen LogP contribution in [0.4, 0.5) is 0 Å². The first kappa shape index (κ1) is 16.9. The number of aryl methyl sites for hydroxylation is 2. The molecule has 0 spiro atoms. The van der Waals surface area contributed by atoms with Crippen molar-refractivity contribution < 1.29 is 14.0 Å². The van der Waals surface area contributed by atoms with Crippen molar-refractivity contribution in [3.63, 3.8) is 0 Å². The van der Waals surface area contributed by atoms with Gasteiger partial charge >= 0.3 is 0 Å². The van der Waals surface area contributed by atoms with E-state index in [1.54, 1.807) is 6.08 Å². The summed E-state index contributed by atoms with van der Waals surface area (Å²) in [6.45, 7) is 3.74. The van der Waals surface area contributed by atoms with Crippen LogP contribution in [0.1, 0.15) is 36.7 Å². The van der Waals surface area contributed by atoms with E-state index in [0.717, 1.165) is 37.6 Å². The van der Waals surface area contributed by atoms with Crippen LogP contribution in [-0.2, 0) is 0 Å². The van der Waals surface area contributed by atoms with Crippen LogP contribution in [0.3, 0.4) is 0 Å². The molecule has 2 aromatic heterocycles. The van der Waals surface area contributed by atoms with Crippen molar-refractivity contribution in [3.8, 4) is 11.3 Å². The second-order valence-corrected chi connectivity index (χ2v) is 8.13. The molecule has 1 aliphatic rings. The van der Waals surface area contributed by atoms with Crippen molar-refractivity contribution in [2.45, 2.75) is 13.8 Å². The van der Waals surface area contributed by atoms with E-state index in [9.17, 15) is 9.59 Å². The summed E-state index contributed by atoms with van der Waals surface area (Å²) in [6, 6.07) is 17.6. The number of benzene rings is 2. The average Bonchev–Trinajstić information content (AvgIpc) is 3.32. The molecule has 0 fully saturated rings. The predicted octanol–water partition coefficient (Wildman–Crippen LogP) is 6.24. The minimum Gasteiger partial charge on any atom is -0.455 e. The van der Waals surface area contributed by atoms with Gasteiger partial charge in [-0.25, -0.2) is 0 Å². The van der Waals surface area contributed by atoms with Crippen LogP contribution >= 0.6 is 11.3 Å². The van der Waals surface area contributed by atoms with Gasteiger partial charge in [0.2, 0.25) is 0 Å². The number of fused-ring (bicyclic) bond motifs is 2. The minimum atomic E-state index is -0.184. The normalized spacial score (nSPS) is 13.4. The summed E-state index contributed by atoms with van der Waals surface area (Å²) in [5, 5.41) is 0. The van der Waals surface area contributed by atoms with Gasteiger partial charge in [-0.2, -0.15) is 0 Å². The third-order valence-electron chi connectivity index (χ3n) is 5.14. The third kappa shape index (κ3) is 2.49. The predicted molar refractivity (Wildman–Crippen MR) is 112 cm³/mol. The van der Waals surface area contributed by atoms with Gasteiger partial charge in [-0.3, -0.25) is 9.59 Å². The lowest BCUT2D eigenvalue weighted by atomic mass is 9.99. The summed E-state index contributed by atoms with van der Waals surface area (Å²) in [5.41, 5.74) is 4.79. The van der Waals surface area contributed by atoms with Gasteiger partial charge < -0.3 is 4.42 Å². The fourth-order valence-corrected chi connectivity index (χ4v) is 4.68. The topological polar surface area (TPSA) is 47.3 Å². The molecular formula is C24H16O3S. The summed E-state index contributed by atoms with van der Waals surface area (Å²) < 4.78 is 6.96. The molecule has 0 N–H and O–H groups in total. The number of carbonyl (C=O) groups excluding carboxylic acids is 2. The monoisotopic (exact) mass is 384 g/mol. The molecule has 4 heteroatoms. The number of hydrogen-bond acceptors (Lipinski definition) is 4. The fraction of sp³-hybridized carbons (Fsp3) is 0.0833. The van der Waals surface area contributed by atoms with Gasteiger partial charge in [0.05, 0.1) is 10.3 Å². The Kier molecular flexibility index (Phi) is 3.71. The first-order valence-corrected chi connectivity index (χ1v) is 9.84. The molecule has 0 amide bonds. The molecule has 2 heterocycles. The Morgan fingerprint density at radius 2 is 1.50 bits per heavy atom. The molecule has 136 valence electrons. The van der Waals surface area contributed by atoms with Crippen molar-refractivity contribution >= 4 is 39.3 Å².